The highest BCUT2D eigenvalue weighted by molar-refractivity contribution is 9.10. The van der Waals surface area contributed by atoms with Crippen molar-refractivity contribution in [1.29, 1.82) is 0 Å². The Kier molecular flexibility index (Phi) is 3.80. The van der Waals surface area contributed by atoms with E-state index in [0.717, 1.165) is 35.6 Å². The Morgan fingerprint density at radius 2 is 1.91 bits per heavy atom. The lowest BCUT2D eigenvalue weighted by Gasteiger charge is -2.57. The van der Waals surface area contributed by atoms with Gasteiger partial charge in [0.15, 0.2) is 0 Å². The van der Waals surface area contributed by atoms with Crippen molar-refractivity contribution >= 4 is 33.3 Å². The van der Waals surface area contributed by atoms with Crippen LogP contribution in [0.1, 0.15) is 12.1 Å². The third-order valence-electron chi connectivity index (χ3n) is 4.42. The largest absolute Gasteiger partial charge is 0.348 e. The fraction of sp³-hybridized carbons (Fsp3) is 0.375. The number of hydrogen-bond acceptors (Lipinski definition) is 4. The van der Waals surface area contributed by atoms with Crippen molar-refractivity contribution in [3.05, 3.63) is 51.8 Å². The lowest BCUT2D eigenvalue weighted by Crippen LogP contribution is -2.69. The van der Waals surface area contributed by atoms with Crippen molar-refractivity contribution in [1.82, 2.24) is 14.9 Å². The van der Waals surface area contributed by atoms with Crippen LogP contribution in [0.4, 0.5) is 5.82 Å². The first-order valence-electron chi connectivity index (χ1n) is 7.42. The summed E-state index contributed by atoms with van der Waals surface area (Å²) in [6.45, 7) is 3.05. The van der Waals surface area contributed by atoms with Crippen LogP contribution in [0.5, 0.6) is 0 Å². The van der Waals surface area contributed by atoms with Gasteiger partial charge in [-0.3, -0.25) is 9.88 Å². The highest BCUT2D eigenvalue weighted by Crippen LogP contribution is 2.36. The number of anilines is 1. The normalized spacial score (nSPS) is 24.2. The van der Waals surface area contributed by atoms with Crippen LogP contribution in [0.25, 0.3) is 0 Å². The summed E-state index contributed by atoms with van der Waals surface area (Å²) < 4.78 is 1.03. The summed E-state index contributed by atoms with van der Waals surface area (Å²) in [5.41, 5.74) is 1.13. The van der Waals surface area contributed by atoms with Crippen LogP contribution in [0.2, 0.25) is 5.02 Å². The average Bonchev–Trinajstić information content (AvgIpc) is 2.52. The van der Waals surface area contributed by atoms with Gasteiger partial charge in [-0.05, 0) is 46.6 Å². The molecule has 2 bridgehead atoms. The van der Waals surface area contributed by atoms with Crippen molar-refractivity contribution in [2.45, 2.75) is 25.0 Å². The van der Waals surface area contributed by atoms with Gasteiger partial charge in [0.2, 0.25) is 0 Å². The monoisotopic (exact) mass is 378 g/mol. The smallest absolute Gasteiger partial charge is 0.129 e. The number of fused-ring (bicyclic) bond motifs is 2. The average molecular weight is 380 g/mol. The van der Waals surface area contributed by atoms with Gasteiger partial charge in [0.1, 0.15) is 5.82 Å². The molecule has 2 aromatic heterocycles. The maximum atomic E-state index is 5.92. The number of nitrogens with zero attached hydrogens (tertiary/aromatic N) is 4. The van der Waals surface area contributed by atoms with Crippen LogP contribution in [0, 0.1) is 0 Å². The van der Waals surface area contributed by atoms with E-state index in [2.05, 4.69) is 47.8 Å². The highest BCUT2D eigenvalue weighted by atomic mass is 79.9. The summed E-state index contributed by atoms with van der Waals surface area (Å²) in [5, 5.41) is 0.692. The molecule has 5 rings (SSSR count). The molecule has 0 amide bonds. The summed E-state index contributed by atoms with van der Waals surface area (Å²) in [5.74, 6) is 1.05. The van der Waals surface area contributed by atoms with Crippen molar-refractivity contribution in [3.8, 4) is 0 Å². The van der Waals surface area contributed by atoms with Crippen LogP contribution in [0.15, 0.2) is 41.1 Å². The summed E-state index contributed by atoms with van der Waals surface area (Å²) in [4.78, 5) is 13.8. The van der Waals surface area contributed by atoms with Crippen LogP contribution in [0.3, 0.4) is 0 Å². The molecule has 2 unspecified atom stereocenters. The molecule has 0 aliphatic carbocycles. The summed E-state index contributed by atoms with van der Waals surface area (Å²) in [6.07, 6.45) is 4.85. The van der Waals surface area contributed by atoms with Crippen molar-refractivity contribution in [2.75, 3.05) is 18.0 Å². The van der Waals surface area contributed by atoms with Crippen molar-refractivity contribution < 1.29 is 0 Å². The van der Waals surface area contributed by atoms with Crippen molar-refractivity contribution in [3.63, 3.8) is 0 Å². The first kappa shape index (κ1) is 14.4. The van der Waals surface area contributed by atoms with Crippen LogP contribution in [-0.4, -0.2) is 40.0 Å². The molecule has 2 atom stereocenters. The molecule has 3 saturated heterocycles. The molecule has 0 aromatic carbocycles. The van der Waals surface area contributed by atoms with Gasteiger partial charge in [0.25, 0.3) is 0 Å². The van der Waals surface area contributed by atoms with Crippen molar-refractivity contribution in [2.24, 2.45) is 0 Å². The number of piperazine rings is 1. The van der Waals surface area contributed by atoms with E-state index < -0.39 is 0 Å². The van der Waals surface area contributed by atoms with Gasteiger partial charge in [0, 0.05) is 48.6 Å². The quantitative estimate of drug-likeness (QED) is 0.818. The van der Waals surface area contributed by atoms with Crippen LogP contribution in [-0.2, 0) is 6.54 Å². The molecule has 114 valence electrons. The van der Waals surface area contributed by atoms with Gasteiger partial charge >= 0.3 is 0 Å². The molecule has 22 heavy (non-hydrogen) atoms. The predicted octanol–water partition coefficient (Wildman–Crippen LogP) is 3.36. The minimum Gasteiger partial charge on any atom is -0.348 e. The number of hydrogen-bond donors (Lipinski definition) is 0. The van der Waals surface area contributed by atoms with E-state index in [4.69, 9.17) is 11.6 Å². The van der Waals surface area contributed by atoms with Gasteiger partial charge in [-0.1, -0.05) is 11.6 Å². The van der Waals surface area contributed by atoms with Crippen LogP contribution < -0.4 is 4.90 Å². The number of pyridine rings is 2. The Morgan fingerprint density at radius 1 is 1.09 bits per heavy atom. The molecule has 2 aromatic rings. The number of halogens is 2. The minimum atomic E-state index is 0.558. The second-order valence-corrected chi connectivity index (χ2v) is 7.30. The highest BCUT2D eigenvalue weighted by Gasteiger charge is 2.45. The second kappa shape index (κ2) is 5.80. The minimum absolute atomic E-state index is 0.558. The summed E-state index contributed by atoms with van der Waals surface area (Å²) in [7, 11) is 0. The molecule has 4 nitrogen and oxygen atoms in total. The third kappa shape index (κ3) is 2.73. The molecule has 0 spiro atoms. The SMILES string of the molecule is Clc1ccc(N2C3CC2CN(Cc2ccc(Br)cn2)C3)nc1. The fourth-order valence-electron chi connectivity index (χ4n) is 3.45. The zero-order chi connectivity index (χ0) is 15.1. The molecule has 0 radical (unpaired) electrons. The lowest BCUT2D eigenvalue weighted by molar-refractivity contribution is 0.106. The molecule has 6 heteroatoms. The van der Waals surface area contributed by atoms with Crippen LogP contribution >= 0.6 is 27.5 Å². The van der Waals surface area contributed by atoms with E-state index >= 15 is 0 Å². The third-order valence-corrected chi connectivity index (χ3v) is 5.11. The van der Waals surface area contributed by atoms with E-state index in [9.17, 15) is 0 Å². The summed E-state index contributed by atoms with van der Waals surface area (Å²) >= 11 is 9.35. The van der Waals surface area contributed by atoms with Gasteiger partial charge in [-0.15, -0.1) is 0 Å². The molecule has 0 N–H and O–H groups in total. The van der Waals surface area contributed by atoms with E-state index in [0.29, 0.717) is 17.1 Å². The van der Waals surface area contributed by atoms with Gasteiger partial charge in [0.05, 0.1) is 10.7 Å². The molecule has 3 aliphatic heterocycles. The van der Waals surface area contributed by atoms with E-state index in [1.54, 1.807) is 6.20 Å². The first-order valence-corrected chi connectivity index (χ1v) is 8.59. The molecule has 0 saturated carbocycles. The maximum Gasteiger partial charge on any atom is 0.129 e. The Labute approximate surface area is 143 Å². The first-order chi connectivity index (χ1) is 10.7. The zero-order valence-corrected chi connectivity index (χ0v) is 14.3. The fourth-order valence-corrected chi connectivity index (χ4v) is 3.80. The lowest BCUT2D eigenvalue weighted by atomic mass is 9.87. The molecule has 3 aliphatic rings. The molecule has 5 heterocycles. The number of aromatic nitrogens is 2. The molecular formula is C16H16BrClN4. The van der Waals surface area contributed by atoms with E-state index in [1.165, 1.54) is 6.42 Å². The number of piperidine rings is 1. The zero-order valence-electron chi connectivity index (χ0n) is 12.0. The predicted molar refractivity (Wildman–Crippen MR) is 91.1 cm³/mol. The topological polar surface area (TPSA) is 32.3 Å². The summed E-state index contributed by atoms with van der Waals surface area (Å²) in [6, 6.07) is 9.19. The van der Waals surface area contributed by atoms with Gasteiger partial charge < -0.3 is 4.90 Å². The number of rotatable bonds is 3. The van der Waals surface area contributed by atoms with E-state index in [1.807, 2.05) is 18.3 Å². The van der Waals surface area contributed by atoms with E-state index in [-0.39, 0.29) is 0 Å². The Hall–Kier alpha value is -1.17. The second-order valence-electron chi connectivity index (χ2n) is 5.95. The Balaban J connectivity index is 1.41. The van der Waals surface area contributed by atoms with Gasteiger partial charge in [-0.2, -0.15) is 0 Å². The molecular weight excluding hydrogens is 364 g/mol. The van der Waals surface area contributed by atoms with Gasteiger partial charge in [-0.25, -0.2) is 4.98 Å². The Morgan fingerprint density at radius 3 is 2.55 bits per heavy atom. The molecule has 3 fully saturated rings. The maximum absolute atomic E-state index is 5.92. The Bertz CT molecular complexity index is 649. The standard InChI is InChI=1S/C16H16BrClN4/c17-11-1-3-13(19-6-11)8-21-9-14-5-15(10-21)22(14)16-4-2-12(18)7-20-16/h1-4,6-7,14-15H,5,8-10H2.